The molecule has 2 atom stereocenters. The van der Waals surface area contributed by atoms with Gasteiger partial charge >= 0.3 is 0 Å². The first-order valence-corrected chi connectivity index (χ1v) is 6.37. The van der Waals surface area contributed by atoms with Crippen LogP contribution in [0.3, 0.4) is 0 Å². The molecule has 1 amide bonds. The van der Waals surface area contributed by atoms with Crippen molar-refractivity contribution in [1.29, 1.82) is 0 Å². The van der Waals surface area contributed by atoms with Crippen molar-refractivity contribution < 1.29 is 9.18 Å². The van der Waals surface area contributed by atoms with Crippen LogP contribution < -0.4 is 5.73 Å². The molecule has 2 fully saturated rings. The molecule has 92 valence electrons. The number of likely N-dealkylation sites (tertiary alicyclic amines) is 1. The van der Waals surface area contributed by atoms with Crippen LogP contribution in [0.4, 0.5) is 4.39 Å². The lowest BCUT2D eigenvalue weighted by Gasteiger charge is -2.29. The molecule has 0 aromatic carbocycles. The number of amides is 1. The van der Waals surface area contributed by atoms with E-state index in [1.807, 2.05) is 0 Å². The minimum Gasteiger partial charge on any atom is -0.338 e. The third-order valence-electron chi connectivity index (χ3n) is 3.89. The van der Waals surface area contributed by atoms with Crippen LogP contribution in [0.25, 0.3) is 0 Å². The van der Waals surface area contributed by atoms with Gasteiger partial charge in [-0.25, -0.2) is 4.39 Å². The average molecular weight is 228 g/mol. The molecule has 0 spiro atoms. The molecule has 1 saturated heterocycles. The Labute approximate surface area is 96.2 Å². The Hall–Kier alpha value is -0.640. The van der Waals surface area contributed by atoms with E-state index in [0.717, 1.165) is 12.8 Å². The highest BCUT2D eigenvalue weighted by Gasteiger charge is 2.33. The summed E-state index contributed by atoms with van der Waals surface area (Å²) in [5.41, 5.74) is 6.00. The number of rotatable bonds is 2. The first-order valence-electron chi connectivity index (χ1n) is 6.37. The highest BCUT2D eigenvalue weighted by molar-refractivity contribution is 5.82. The Morgan fingerprint density at radius 3 is 2.50 bits per heavy atom. The van der Waals surface area contributed by atoms with E-state index in [9.17, 15) is 9.18 Å². The summed E-state index contributed by atoms with van der Waals surface area (Å²) in [4.78, 5) is 13.6. The quantitative estimate of drug-likeness (QED) is 0.778. The van der Waals surface area contributed by atoms with Crippen molar-refractivity contribution in [2.45, 2.75) is 50.7 Å². The van der Waals surface area contributed by atoms with Crippen molar-refractivity contribution in [3.05, 3.63) is 0 Å². The van der Waals surface area contributed by atoms with E-state index >= 15 is 0 Å². The van der Waals surface area contributed by atoms with Crippen LogP contribution in [0.2, 0.25) is 0 Å². The van der Waals surface area contributed by atoms with E-state index in [-0.39, 0.29) is 12.5 Å². The zero-order chi connectivity index (χ0) is 11.5. The monoisotopic (exact) mass is 228 g/mol. The summed E-state index contributed by atoms with van der Waals surface area (Å²) in [5, 5.41) is 0. The normalized spacial score (nSPS) is 29.4. The molecule has 4 heteroatoms. The molecule has 3 nitrogen and oxygen atoms in total. The zero-order valence-electron chi connectivity index (χ0n) is 9.70. The third-order valence-corrected chi connectivity index (χ3v) is 3.89. The van der Waals surface area contributed by atoms with Crippen LogP contribution >= 0.6 is 0 Å². The molecular formula is C12H21FN2O. The molecule has 0 radical (unpaired) electrons. The average Bonchev–Trinajstić information content (AvgIpc) is 2.75. The molecule has 0 bridgehead atoms. The summed E-state index contributed by atoms with van der Waals surface area (Å²) in [6.45, 7) is 0.791. The van der Waals surface area contributed by atoms with E-state index in [1.165, 1.54) is 19.3 Å². The fourth-order valence-electron chi connectivity index (χ4n) is 2.82. The molecule has 1 heterocycles. The van der Waals surface area contributed by atoms with Gasteiger partial charge in [-0.05, 0) is 25.2 Å². The first kappa shape index (κ1) is 11.8. The smallest absolute Gasteiger partial charge is 0.239 e. The van der Waals surface area contributed by atoms with Crippen LogP contribution in [0.15, 0.2) is 0 Å². The lowest BCUT2D eigenvalue weighted by molar-refractivity contribution is -0.133. The largest absolute Gasteiger partial charge is 0.338 e. The summed E-state index contributed by atoms with van der Waals surface area (Å²) in [7, 11) is 0. The number of alkyl halides is 1. The Morgan fingerprint density at radius 2 is 1.94 bits per heavy atom. The Kier molecular flexibility index (Phi) is 3.79. The van der Waals surface area contributed by atoms with E-state index in [1.54, 1.807) is 4.90 Å². The molecule has 2 rings (SSSR count). The summed E-state index contributed by atoms with van der Waals surface area (Å²) in [6.07, 6.45) is 5.35. The topological polar surface area (TPSA) is 46.3 Å². The third kappa shape index (κ3) is 2.54. The molecule has 1 saturated carbocycles. The Balaban J connectivity index is 1.88. The van der Waals surface area contributed by atoms with Gasteiger partial charge in [-0.1, -0.05) is 19.3 Å². The van der Waals surface area contributed by atoms with Crippen LogP contribution in [0.5, 0.6) is 0 Å². The van der Waals surface area contributed by atoms with Gasteiger partial charge in [0, 0.05) is 6.54 Å². The van der Waals surface area contributed by atoms with Crippen LogP contribution in [-0.4, -0.2) is 36.1 Å². The van der Waals surface area contributed by atoms with Gasteiger partial charge in [0.15, 0.2) is 0 Å². The summed E-state index contributed by atoms with van der Waals surface area (Å²) in [6, 6.07) is -0.398. The fraction of sp³-hybridized carbons (Fsp3) is 0.917. The Morgan fingerprint density at radius 1 is 1.25 bits per heavy atom. The van der Waals surface area contributed by atoms with Crippen molar-refractivity contribution in [3.8, 4) is 0 Å². The fourth-order valence-corrected chi connectivity index (χ4v) is 2.82. The second-order valence-electron chi connectivity index (χ2n) is 5.09. The van der Waals surface area contributed by atoms with Crippen LogP contribution in [0.1, 0.15) is 38.5 Å². The van der Waals surface area contributed by atoms with Gasteiger partial charge in [0.2, 0.25) is 5.91 Å². The number of nitrogens with two attached hydrogens (primary N) is 1. The van der Waals surface area contributed by atoms with E-state index < -0.39 is 12.2 Å². The number of hydrogen-bond acceptors (Lipinski definition) is 2. The summed E-state index contributed by atoms with van der Waals surface area (Å²) in [5.74, 6) is 0.284. The van der Waals surface area contributed by atoms with Gasteiger partial charge in [0.1, 0.15) is 6.17 Å². The first-order chi connectivity index (χ1) is 7.68. The predicted octanol–water partition coefficient (Wildman–Crippen LogP) is 1.46. The number of carbonyl (C=O) groups is 1. The van der Waals surface area contributed by atoms with E-state index in [2.05, 4.69) is 0 Å². The van der Waals surface area contributed by atoms with Crippen molar-refractivity contribution >= 4 is 5.91 Å². The second-order valence-corrected chi connectivity index (χ2v) is 5.09. The molecule has 2 N–H and O–H groups in total. The second kappa shape index (κ2) is 5.13. The summed E-state index contributed by atoms with van der Waals surface area (Å²) >= 11 is 0. The highest BCUT2D eigenvalue weighted by Crippen LogP contribution is 2.27. The maximum absolute atomic E-state index is 13.0. The molecule has 1 aliphatic carbocycles. The minimum atomic E-state index is -0.845. The molecule has 1 aliphatic heterocycles. The van der Waals surface area contributed by atoms with E-state index in [4.69, 9.17) is 5.73 Å². The molecule has 0 aromatic heterocycles. The number of carbonyl (C=O) groups excluding carboxylic acids is 1. The van der Waals surface area contributed by atoms with Crippen molar-refractivity contribution in [1.82, 2.24) is 4.90 Å². The maximum atomic E-state index is 13.0. The van der Waals surface area contributed by atoms with Gasteiger partial charge in [-0.3, -0.25) is 4.79 Å². The number of halogens is 1. The van der Waals surface area contributed by atoms with Crippen LogP contribution in [-0.2, 0) is 4.79 Å². The van der Waals surface area contributed by atoms with Crippen molar-refractivity contribution in [2.24, 2.45) is 11.7 Å². The summed E-state index contributed by atoms with van der Waals surface area (Å²) < 4.78 is 13.0. The molecule has 16 heavy (non-hydrogen) atoms. The maximum Gasteiger partial charge on any atom is 0.239 e. The number of nitrogens with zero attached hydrogens (tertiary/aromatic N) is 1. The number of hydrogen-bond donors (Lipinski definition) is 1. The highest BCUT2D eigenvalue weighted by atomic mass is 19.1. The van der Waals surface area contributed by atoms with Gasteiger partial charge < -0.3 is 10.6 Å². The molecular weight excluding hydrogens is 207 g/mol. The molecule has 2 aliphatic rings. The minimum absolute atomic E-state index is 0.0351. The van der Waals surface area contributed by atoms with E-state index in [0.29, 0.717) is 18.9 Å². The molecule has 0 aromatic rings. The van der Waals surface area contributed by atoms with Crippen molar-refractivity contribution in [2.75, 3.05) is 13.1 Å². The molecule has 1 unspecified atom stereocenters. The lowest BCUT2D eigenvalue weighted by Crippen LogP contribution is -2.47. The standard InChI is InChI=1S/C12H21FN2O/c13-10-6-7-15(8-10)12(16)11(14)9-4-2-1-3-5-9/h9-11H,1-8,14H2/t10-,11?/m0/s1. The van der Waals surface area contributed by atoms with Crippen LogP contribution in [0, 0.1) is 5.92 Å². The zero-order valence-corrected chi connectivity index (χ0v) is 9.70. The lowest BCUT2D eigenvalue weighted by atomic mass is 9.84. The van der Waals surface area contributed by atoms with Crippen molar-refractivity contribution in [3.63, 3.8) is 0 Å². The SMILES string of the molecule is NC(C(=O)N1CC[C@H](F)C1)C1CCCCC1. The van der Waals surface area contributed by atoms with Gasteiger partial charge in [0.25, 0.3) is 0 Å². The van der Waals surface area contributed by atoms with Gasteiger partial charge in [-0.2, -0.15) is 0 Å². The Bertz CT molecular complexity index is 253. The van der Waals surface area contributed by atoms with Gasteiger partial charge in [0.05, 0.1) is 12.6 Å². The van der Waals surface area contributed by atoms with Gasteiger partial charge in [-0.15, -0.1) is 0 Å². The predicted molar refractivity (Wildman–Crippen MR) is 60.6 cm³/mol.